The molecule has 0 amide bonds. The zero-order chi connectivity index (χ0) is 32.0. The Balaban J connectivity index is 1.65. The van der Waals surface area contributed by atoms with Gasteiger partial charge >= 0.3 is 0 Å². The Labute approximate surface area is 252 Å². The van der Waals surface area contributed by atoms with Crippen molar-refractivity contribution in [3.63, 3.8) is 0 Å². The standard InChI is InChI=1S/C40H39NO/c1-22(2)26-14-11-15-27(23(3)4)36(26)25-16-17-34-31(18-25)32-19-33-30(20-35(32)42-34)28-12-9-10-13-29(28)39-37(33)38(40(6,7)8)24(5)21-41-39/h9-23H,1-8H3/i5D3. The van der Waals surface area contributed by atoms with Crippen molar-refractivity contribution in [1.82, 2.24) is 4.98 Å². The summed E-state index contributed by atoms with van der Waals surface area (Å²) < 4.78 is 31.8. The lowest BCUT2D eigenvalue weighted by atomic mass is 9.80. The molecule has 0 bridgehead atoms. The lowest BCUT2D eigenvalue weighted by molar-refractivity contribution is 0.591. The SMILES string of the molecule is [2H]C([2H])([2H])c1cnc2c3ccccc3c3cc4oc5ccc(-c6c(C(C)C)cccc6C(C)C)cc5c4cc3c2c1C(C)(C)C. The summed E-state index contributed by atoms with van der Waals surface area (Å²) in [6, 6.07) is 25.9. The maximum absolute atomic E-state index is 8.43. The zero-order valence-corrected chi connectivity index (χ0v) is 25.5. The minimum atomic E-state index is -2.29. The average molecular weight is 553 g/mol. The van der Waals surface area contributed by atoms with Gasteiger partial charge in [0.2, 0.25) is 0 Å². The number of benzene rings is 5. The molecule has 0 fully saturated rings. The van der Waals surface area contributed by atoms with Gasteiger partial charge in [-0.1, -0.05) is 97.0 Å². The number of hydrogen-bond donors (Lipinski definition) is 0. The van der Waals surface area contributed by atoms with Crippen molar-refractivity contribution >= 4 is 54.4 Å². The minimum Gasteiger partial charge on any atom is -0.456 e. The van der Waals surface area contributed by atoms with Crippen LogP contribution in [-0.2, 0) is 5.41 Å². The largest absolute Gasteiger partial charge is 0.456 e. The van der Waals surface area contributed by atoms with E-state index in [1.54, 1.807) is 6.20 Å². The van der Waals surface area contributed by atoms with Gasteiger partial charge in [0, 0.05) is 31.9 Å². The van der Waals surface area contributed by atoms with Gasteiger partial charge in [0.1, 0.15) is 11.2 Å². The minimum absolute atomic E-state index is 0.310. The van der Waals surface area contributed by atoms with Gasteiger partial charge in [0.05, 0.1) is 5.52 Å². The lowest BCUT2D eigenvalue weighted by Crippen LogP contribution is -2.14. The summed E-state index contributed by atoms with van der Waals surface area (Å²) in [4.78, 5) is 4.85. The second-order valence-electron chi connectivity index (χ2n) is 13.4. The molecule has 0 unspecified atom stereocenters. The molecule has 0 saturated heterocycles. The number of hydrogen-bond acceptors (Lipinski definition) is 2. The van der Waals surface area contributed by atoms with E-state index in [9.17, 15) is 0 Å². The molecule has 0 aliphatic rings. The van der Waals surface area contributed by atoms with Crippen molar-refractivity contribution in [3.05, 3.63) is 101 Å². The fourth-order valence-corrected chi connectivity index (χ4v) is 6.97. The van der Waals surface area contributed by atoms with E-state index in [2.05, 4.69) is 109 Å². The van der Waals surface area contributed by atoms with Gasteiger partial charge < -0.3 is 4.42 Å². The Morgan fingerprint density at radius 3 is 2.05 bits per heavy atom. The third kappa shape index (κ3) is 3.96. The Bertz CT molecular complexity index is 2270. The molecule has 2 aromatic heterocycles. The second-order valence-corrected chi connectivity index (χ2v) is 13.4. The highest BCUT2D eigenvalue weighted by molar-refractivity contribution is 6.28. The highest BCUT2D eigenvalue weighted by Gasteiger charge is 2.24. The Morgan fingerprint density at radius 1 is 0.690 bits per heavy atom. The molecule has 5 aromatic carbocycles. The fraction of sp³-hybridized carbons (Fsp3) is 0.275. The first-order valence-corrected chi connectivity index (χ1v) is 15.0. The van der Waals surface area contributed by atoms with Crippen LogP contribution in [0.5, 0.6) is 0 Å². The predicted octanol–water partition coefficient (Wildman–Crippen LogP) is 12.0. The van der Waals surface area contributed by atoms with E-state index in [1.807, 2.05) is 12.1 Å². The van der Waals surface area contributed by atoms with Crippen LogP contribution in [0.2, 0.25) is 0 Å². The van der Waals surface area contributed by atoms with Crippen LogP contribution in [-0.4, -0.2) is 4.98 Å². The quantitative estimate of drug-likeness (QED) is 0.204. The molecular formula is C40H39NO. The van der Waals surface area contributed by atoms with Gasteiger partial charge in [-0.2, -0.15) is 0 Å². The van der Waals surface area contributed by atoms with E-state index in [0.717, 1.165) is 59.9 Å². The van der Waals surface area contributed by atoms with Crippen molar-refractivity contribution in [1.29, 1.82) is 0 Å². The molecule has 2 nitrogen and oxygen atoms in total. The maximum atomic E-state index is 8.43. The molecule has 210 valence electrons. The summed E-state index contributed by atoms with van der Waals surface area (Å²) in [5, 5.41) is 7.09. The van der Waals surface area contributed by atoms with E-state index in [-0.39, 0.29) is 0 Å². The predicted molar refractivity (Wildman–Crippen MR) is 181 cm³/mol. The van der Waals surface area contributed by atoms with Crippen molar-refractivity contribution in [2.45, 2.75) is 72.6 Å². The van der Waals surface area contributed by atoms with Crippen LogP contribution in [0.4, 0.5) is 0 Å². The molecule has 7 rings (SSSR count). The van der Waals surface area contributed by atoms with E-state index in [4.69, 9.17) is 13.5 Å². The molecule has 2 heteroatoms. The monoisotopic (exact) mass is 552 g/mol. The molecular weight excluding hydrogens is 510 g/mol. The zero-order valence-electron chi connectivity index (χ0n) is 28.5. The highest BCUT2D eigenvalue weighted by atomic mass is 16.3. The molecule has 0 aliphatic carbocycles. The summed E-state index contributed by atoms with van der Waals surface area (Å²) in [7, 11) is 0. The summed E-state index contributed by atoms with van der Waals surface area (Å²) in [5.41, 5.74) is 8.35. The highest BCUT2D eigenvalue weighted by Crippen LogP contribution is 2.44. The molecule has 2 heterocycles. The lowest BCUT2D eigenvalue weighted by Gasteiger charge is -2.25. The van der Waals surface area contributed by atoms with Crippen LogP contribution in [0.3, 0.4) is 0 Å². The molecule has 0 radical (unpaired) electrons. The van der Waals surface area contributed by atoms with E-state index in [0.29, 0.717) is 17.4 Å². The van der Waals surface area contributed by atoms with Crippen LogP contribution in [0, 0.1) is 6.85 Å². The van der Waals surface area contributed by atoms with Gasteiger partial charge in [0.25, 0.3) is 0 Å². The molecule has 7 aromatic rings. The number of aryl methyl sites for hydroxylation is 1. The third-order valence-corrected chi connectivity index (χ3v) is 8.84. The number of furan rings is 1. The maximum Gasteiger partial charge on any atom is 0.136 e. The molecule has 0 aliphatic heterocycles. The second kappa shape index (κ2) is 9.42. The fourth-order valence-electron chi connectivity index (χ4n) is 6.97. The number of fused-ring (bicyclic) bond motifs is 9. The summed E-state index contributed by atoms with van der Waals surface area (Å²) >= 11 is 0. The Morgan fingerprint density at radius 2 is 1.38 bits per heavy atom. The first-order valence-electron chi connectivity index (χ1n) is 16.5. The number of aromatic nitrogens is 1. The normalized spacial score (nSPS) is 14.1. The van der Waals surface area contributed by atoms with E-state index >= 15 is 0 Å². The molecule has 42 heavy (non-hydrogen) atoms. The Hall–Kier alpha value is -4.17. The Kier molecular flexibility index (Phi) is 5.25. The average Bonchev–Trinajstić information content (AvgIpc) is 3.35. The van der Waals surface area contributed by atoms with Crippen molar-refractivity contribution in [2.24, 2.45) is 0 Å². The topological polar surface area (TPSA) is 26.0 Å². The van der Waals surface area contributed by atoms with Crippen LogP contribution >= 0.6 is 0 Å². The van der Waals surface area contributed by atoms with Crippen LogP contribution in [0.1, 0.15) is 86.7 Å². The number of nitrogens with zero attached hydrogens (tertiary/aromatic N) is 1. The molecule has 0 atom stereocenters. The summed E-state index contributed by atoms with van der Waals surface area (Å²) in [6.07, 6.45) is 1.57. The van der Waals surface area contributed by atoms with Crippen LogP contribution < -0.4 is 0 Å². The van der Waals surface area contributed by atoms with Gasteiger partial charge in [-0.3, -0.25) is 4.98 Å². The summed E-state index contributed by atoms with van der Waals surface area (Å²) in [6.45, 7) is 13.0. The van der Waals surface area contributed by atoms with Crippen LogP contribution in [0.25, 0.3) is 65.5 Å². The van der Waals surface area contributed by atoms with Gasteiger partial charge in [-0.05, 0) is 97.9 Å². The third-order valence-electron chi connectivity index (χ3n) is 8.84. The number of pyridine rings is 1. The first kappa shape index (κ1) is 23.4. The van der Waals surface area contributed by atoms with Gasteiger partial charge in [-0.15, -0.1) is 0 Å². The molecule has 0 spiro atoms. The van der Waals surface area contributed by atoms with Crippen molar-refractivity contribution in [3.8, 4) is 11.1 Å². The first-order chi connectivity index (χ1) is 21.3. The molecule has 0 N–H and O–H groups in total. The van der Waals surface area contributed by atoms with Gasteiger partial charge in [0.15, 0.2) is 0 Å². The summed E-state index contributed by atoms with van der Waals surface area (Å²) in [5.74, 6) is 0.768. The van der Waals surface area contributed by atoms with Crippen molar-refractivity contribution < 1.29 is 8.53 Å². The number of rotatable bonds is 3. The van der Waals surface area contributed by atoms with E-state index < -0.39 is 12.3 Å². The molecule has 0 saturated carbocycles. The smallest absolute Gasteiger partial charge is 0.136 e. The van der Waals surface area contributed by atoms with E-state index in [1.165, 1.54) is 22.3 Å². The van der Waals surface area contributed by atoms with Crippen molar-refractivity contribution in [2.75, 3.05) is 0 Å². The van der Waals surface area contributed by atoms with Gasteiger partial charge in [-0.25, -0.2) is 0 Å². The van der Waals surface area contributed by atoms with Crippen LogP contribution in [0.15, 0.2) is 83.4 Å².